The summed E-state index contributed by atoms with van der Waals surface area (Å²) in [6.07, 6.45) is 2.05. The predicted octanol–water partition coefficient (Wildman–Crippen LogP) is 0.165. The minimum absolute atomic E-state index is 0.0132. The van der Waals surface area contributed by atoms with Gasteiger partial charge in [-0.15, -0.1) is 0 Å². The lowest BCUT2D eigenvalue weighted by Crippen LogP contribution is -2.36. The lowest BCUT2D eigenvalue weighted by molar-refractivity contribution is -0.118. The van der Waals surface area contributed by atoms with Crippen LogP contribution < -0.4 is 27.7 Å². The van der Waals surface area contributed by atoms with Gasteiger partial charge < -0.3 is 22.1 Å². The van der Waals surface area contributed by atoms with E-state index in [1.807, 2.05) is 0 Å². The molecule has 2 aromatic heterocycles. The van der Waals surface area contributed by atoms with Crippen molar-refractivity contribution in [1.82, 2.24) is 20.2 Å². The Kier molecular flexibility index (Phi) is 4.75. The number of nitrogens with two attached hydrogens (primary N) is 2. The summed E-state index contributed by atoms with van der Waals surface area (Å²) in [7, 11) is 0. The van der Waals surface area contributed by atoms with Crippen molar-refractivity contribution in [2.75, 3.05) is 10.6 Å². The van der Waals surface area contributed by atoms with Crippen LogP contribution in [0.3, 0.4) is 0 Å². The SMILES string of the molecule is CCC(Nc1nc(Nc2ccc3cn[nH]c3c2)c(C(N)=O)c(=O)[nH]1)C(N)=O. The zero-order chi connectivity index (χ0) is 19.6. The van der Waals surface area contributed by atoms with Crippen LogP contribution in [0.5, 0.6) is 0 Å². The van der Waals surface area contributed by atoms with Crippen molar-refractivity contribution in [3.8, 4) is 0 Å². The third-order valence-corrected chi connectivity index (χ3v) is 3.93. The molecular formula is C16H18N8O3. The topological polar surface area (TPSA) is 185 Å². The van der Waals surface area contributed by atoms with E-state index >= 15 is 0 Å². The number of hydrogen-bond donors (Lipinski definition) is 6. The maximum atomic E-state index is 12.3. The van der Waals surface area contributed by atoms with Gasteiger partial charge >= 0.3 is 0 Å². The molecule has 1 unspecified atom stereocenters. The number of fused-ring (bicyclic) bond motifs is 1. The van der Waals surface area contributed by atoms with Crippen LogP contribution in [0.2, 0.25) is 0 Å². The summed E-state index contributed by atoms with van der Waals surface area (Å²) in [5.41, 5.74) is 10.8. The molecule has 0 saturated carbocycles. The van der Waals surface area contributed by atoms with Gasteiger partial charge in [0.25, 0.3) is 11.5 Å². The van der Waals surface area contributed by atoms with Crippen molar-refractivity contribution in [1.29, 1.82) is 0 Å². The summed E-state index contributed by atoms with van der Waals surface area (Å²) in [4.78, 5) is 42.0. The van der Waals surface area contributed by atoms with Crippen molar-refractivity contribution < 1.29 is 9.59 Å². The molecule has 0 aliphatic carbocycles. The number of anilines is 3. The van der Waals surface area contributed by atoms with Crippen LogP contribution in [-0.4, -0.2) is 38.0 Å². The molecule has 2 heterocycles. The molecule has 1 aromatic carbocycles. The molecule has 0 aliphatic rings. The Balaban J connectivity index is 2.01. The highest BCUT2D eigenvalue weighted by atomic mass is 16.2. The number of benzene rings is 1. The molecule has 0 fully saturated rings. The summed E-state index contributed by atoms with van der Waals surface area (Å²) in [6.45, 7) is 1.75. The molecule has 8 N–H and O–H groups in total. The Morgan fingerprint density at radius 1 is 1.30 bits per heavy atom. The molecule has 2 amide bonds. The number of hydrogen-bond acceptors (Lipinski definition) is 7. The quantitative estimate of drug-likeness (QED) is 0.342. The Morgan fingerprint density at radius 3 is 2.74 bits per heavy atom. The van der Waals surface area contributed by atoms with E-state index < -0.39 is 23.4 Å². The Bertz CT molecular complexity index is 1070. The van der Waals surface area contributed by atoms with Crippen molar-refractivity contribution >= 4 is 40.2 Å². The standard InChI is InChI=1S/C16H18N8O3/c1-2-9(12(17)25)21-16-22-14(11(13(18)26)15(27)23-16)20-8-4-3-7-6-19-24-10(7)5-8/h3-6,9H,2H2,1H3,(H2,17,25)(H2,18,26)(H,19,24)(H3,20,21,22,23,27). The summed E-state index contributed by atoms with van der Waals surface area (Å²) >= 11 is 0. The van der Waals surface area contributed by atoms with E-state index in [0.717, 1.165) is 10.9 Å². The molecule has 0 spiro atoms. The highest BCUT2D eigenvalue weighted by Gasteiger charge is 2.20. The first-order valence-corrected chi connectivity index (χ1v) is 8.09. The van der Waals surface area contributed by atoms with E-state index in [1.165, 1.54) is 0 Å². The minimum Gasteiger partial charge on any atom is -0.368 e. The van der Waals surface area contributed by atoms with Gasteiger partial charge in [-0.05, 0) is 24.6 Å². The van der Waals surface area contributed by atoms with Gasteiger partial charge in [0.2, 0.25) is 11.9 Å². The lowest BCUT2D eigenvalue weighted by atomic mass is 10.2. The van der Waals surface area contributed by atoms with Gasteiger partial charge in [0, 0.05) is 11.1 Å². The molecule has 0 saturated heterocycles. The molecule has 3 rings (SSSR count). The smallest absolute Gasteiger partial charge is 0.267 e. The van der Waals surface area contributed by atoms with E-state index in [9.17, 15) is 14.4 Å². The number of amides is 2. The Hall–Kier alpha value is -3.89. The number of H-pyrrole nitrogens is 2. The Labute approximate surface area is 152 Å². The zero-order valence-corrected chi connectivity index (χ0v) is 14.4. The van der Waals surface area contributed by atoms with E-state index in [0.29, 0.717) is 12.1 Å². The number of rotatable bonds is 7. The second-order valence-electron chi connectivity index (χ2n) is 5.81. The second kappa shape index (κ2) is 7.15. The molecule has 3 aromatic rings. The fourth-order valence-corrected chi connectivity index (χ4v) is 2.55. The van der Waals surface area contributed by atoms with Crippen molar-refractivity contribution in [3.63, 3.8) is 0 Å². The molecule has 140 valence electrons. The first kappa shape index (κ1) is 17.9. The van der Waals surface area contributed by atoms with Gasteiger partial charge in [0.15, 0.2) is 5.82 Å². The average Bonchev–Trinajstić information content (AvgIpc) is 3.06. The molecule has 0 aliphatic heterocycles. The van der Waals surface area contributed by atoms with Crippen LogP contribution in [-0.2, 0) is 4.79 Å². The largest absolute Gasteiger partial charge is 0.368 e. The number of nitrogens with zero attached hydrogens (tertiary/aromatic N) is 2. The van der Waals surface area contributed by atoms with E-state index in [-0.39, 0.29) is 17.3 Å². The molecular weight excluding hydrogens is 352 g/mol. The zero-order valence-electron chi connectivity index (χ0n) is 14.4. The lowest BCUT2D eigenvalue weighted by Gasteiger charge is -2.15. The van der Waals surface area contributed by atoms with Crippen molar-refractivity contribution in [2.45, 2.75) is 19.4 Å². The predicted molar refractivity (Wildman–Crippen MR) is 99.6 cm³/mol. The molecule has 11 nitrogen and oxygen atoms in total. The maximum Gasteiger partial charge on any atom is 0.267 e. The van der Waals surface area contributed by atoms with Crippen LogP contribution in [0.25, 0.3) is 10.9 Å². The summed E-state index contributed by atoms with van der Waals surface area (Å²) in [6, 6.07) is 4.54. The number of aromatic amines is 2. The fourth-order valence-electron chi connectivity index (χ4n) is 2.55. The van der Waals surface area contributed by atoms with E-state index in [1.54, 1.807) is 31.3 Å². The van der Waals surface area contributed by atoms with Crippen LogP contribution in [0.4, 0.5) is 17.5 Å². The van der Waals surface area contributed by atoms with Crippen LogP contribution >= 0.6 is 0 Å². The van der Waals surface area contributed by atoms with Crippen LogP contribution in [0.15, 0.2) is 29.2 Å². The third-order valence-electron chi connectivity index (χ3n) is 3.93. The first-order valence-electron chi connectivity index (χ1n) is 8.09. The average molecular weight is 370 g/mol. The molecule has 27 heavy (non-hydrogen) atoms. The first-order chi connectivity index (χ1) is 12.9. The maximum absolute atomic E-state index is 12.3. The normalized spacial score (nSPS) is 11.9. The van der Waals surface area contributed by atoms with Crippen LogP contribution in [0, 0.1) is 0 Å². The van der Waals surface area contributed by atoms with Gasteiger partial charge in [0.1, 0.15) is 11.6 Å². The minimum atomic E-state index is -0.942. The fraction of sp³-hybridized carbons (Fsp3) is 0.188. The van der Waals surface area contributed by atoms with Gasteiger partial charge in [-0.2, -0.15) is 10.1 Å². The van der Waals surface area contributed by atoms with E-state index in [2.05, 4.69) is 30.8 Å². The van der Waals surface area contributed by atoms with Gasteiger partial charge in [-0.3, -0.25) is 24.5 Å². The molecule has 11 heteroatoms. The Morgan fingerprint density at radius 2 is 2.07 bits per heavy atom. The number of nitrogens with one attached hydrogen (secondary N) is 4. The van der Waals surface area contributed by atoms with Gasteiger partial charge in [0.05, 0.1) is 11.7 Å². The number of carbonyl (C=O) groups excluding carboxylic acids is 2. The summed E-state index contributed by atoms with van der Waals surface area (Å²) < 4.78 is 0. The van der Waals surface area contributed by atoms with Gasteiger partial charge in [-0.1, -0.05) is 6.92 Å². The van der Waals surface area contributed by atoms with Crippen molar-refractivity contribution in [3.05, 3.63) is 40.3 Å². The number of aromatic nitrogens is 4. The summed E-state index contributed by atoms with van der Waals surface area (Å²) in [5, 5.41) is 13.3. The second-order valence-corrected chi connectivity index (χ2v) is 5.81. The molecule has 0 bridgehead atoms. The summed E-state index contributed by atoms with van der Waals surface area (Å²) in [5.74, 6) is -1.60. The molecule has 1 atom stereocenters. The van der Waals surface area contributed by atoms with Gasteiger partial charge in [-0.25, -0.2) is 0 Å². The monoisotopic (exact) mass is 370 g/mol. The van der Waals surface area contributed by atoms with Crippen LogP contribution in [0.1, 0.15) is 23.7 Å². The molecule has 0 radical (unpaired) electrons. The third kappa shape index (κ3) is 3.71. The highest BCUT2D eigenvalue weighted by molar-refractivity contribution is 5.98. The number of primary amides is 2. The number of carbonyl (C=O) groups is 2. The van der Waals surface area contributed by atoms with Crippen molar-refractivity contribution in [2.24, 2.45) is 11.5 Å². The highest BCUT2D eigenvalue weighted by Crippen LogP contribution is 2.21. The van der Waals surface area contributed by atoms with E-state index in [4.69, 9.17) is 11.5 Å².